The zero-order chi connectivity index (χ0) is 51.1. The summed E-state index contributed by atoms with van der Waals surface area (Å²) in [5, 5.41) is 15.1. The van der Waals surface area contributed by atoms with Crippen LogP contribution in [0.1, 0.15) is 0 Å². The van der Waals surface area contributed by atoms with E-state index in [1.807, 2.05) is 11.8 Å². The van der Waals surface area contributed by atoms with E-state index in [2.05, 4.69) is 287 Å². The minimum atomic E-state index is -3.23. The minimum absolute atomic E-state index is 0.877. The summed E-state index contributed by atoms with van der Waals surface area (Å²) in [7, 11) is -3.23. The van der Waals surface area contributed by atoms with Crippen molar-refractivity contribution in [3.63, 3.8) is 0 Å². The second-order valence-corrected chi connectivity index (χ2v) is 25.5. The van der Waals surface area contributed by atoms with Crippen LogP contribution in [0.15, 0.2) is 287 Å². The SMILES string of the molecule is c1ccc(-n2c3ccccc3c3cccc(-c4cccc5c4Sc4ccccc4[Si]5(c4ccc(-n5c6ccccc6c6ccccc65)cc4)c4ccc5oc6ccc(-n7c8ccccc8c8ccccc87)cc6c5c4)c32)cc1. The van der Waals surface area contributed by atoms with Crippen LogP contribution < -0.4 is 20.7 Å². The van der Waals surface area contributed by atoms with Crippen molar-refractivity contribution in [3.05, 3.63) is 273 Å². The van der Waals surface area contributed by atoms with Crippen molar-refractivity contribution in [3.8, 4) is 28.2 Å². The van der Waals surface area contributed by atoms with Crippen molar-refractivity contribution in [1.82, 2.24) is 13.7 Å². The highest BCUT2D eigenvalue weighted by Gasteiger charge is 2.48. The molecule has 1 aliphatic rings. The van der Waals surface area contributed by atoms with Crippen LogP contribution in [0.3, 0.4) is 0 Å². The van der Waals surface area contributed by atoms with Crippen LogP contribution in [-0.4, -0.2) is 21.8 Å². The smallest absolute Gasteiger partial charge is 0.181 e. The van der Waals surface area contributed by atoms with Crippen LogP contribution >= 0.6 is 11.8 Å². The maximum atomic E-state index is 6.83. The molecule has 1 atom stereocenters. The van der Waals surface area contributed by atoms with Gasteiger partial charge in [-0.25, -0.2) is 0 Å². The first kappa shape index (κ1) is 43.6. The van der Waals surface area contributed by atoms with Crippen LogP contribution in [0.5, 0.6) is 0 Å². The van der Waals surface area contributed by atoms with Gasteiger partial charge in [-0.3, -0.25) is 0 Å². The predicted molar refractivity (Wildman–Crippen MR) is 330 cm³/mol. The third-order valence-electron chi connectivity index (χ3n) is 16.8. The monoisotopic (exact) mass is 1030 g/mol. The Bertz CT molecular complexity index is 5030. The maximum absolute atomic E-state index is 6.83. The van der Waals surface area contributed by atoms with Crippen LogP contribution in [0.2, 0.25) is 0 Å². The lowest BCUT2D eigenvalue weighted by atomic mass is 10.0. The van der Waals surface area contributed by atoms with E-state index in [1.165, 1.54) is 107 Å². The van der Waals surface area contributed by atoms with E-state index in [1.54, 1.807) is 0 Å². The molecule has 0 radical (unpaired) electrons. The van der Waals surface area contributed by atoms with Crippen molar-refractivity contribution >= 4 is 128 Å². The molecule has 0 N–H and O–H groups in total. The van der Waals surface area contributed by atoms with Crippen molar-refractivity contribution < 1.29 is 4.42 Å². The molecule has 0 saturated carbocycles. The van der Waals surface area contributed by atoms with Gasteiger partial charge in [0.1, 0.15) is 11.2 Å². The zero-order valence-electron chi connectivity index (χ0n) is 42.1. The number of hydrogen-bond acceptors (Lipinski definition) is 2. The molecule has 0 saturated heterocycles. The summed E-state index contributed by atoms with van der Waals surface area (Å²) < 4.78 is 14.2. The Kier molecular flexibility index (Phi) is 9.34. The van der Waals surface area contributed by atoms with E-state index in [9.17, 15) is 0 Å². The lowest BCUT2D eigenvalue weighted by molar-refractivity contribution is 0.669. The topological polar surface area (TPSA) is 27.9 Å². The third kappa shape index (κ3) is 6.07. The summed E-state index contributed by atoms with van der Waals surface area (Å²) in [5.41, 5.74) is 14.8. The molecule has 364 valence electrons. The van der Waals surface area contributed by atoms with Gasteiger partial charge in [0.15, 0.2) is 8.07 Å². The average Bonchev–Trinajstić information content (AvgIpc) is 4.33. The molecule has 4 nitrogen and oxygen atoms in total. The number of fused-ring (bicyclic) bond motifs is 14. The predicted octanol–water partition coefficient (Wildman–Crippen LogP) is 16.4. The fourth-order valence-electron chi connectivity index (χ4n) is 13.5. The van der Waals surface area contributed by atoms with Gasteiger partial charge < -0.3 is 18.1 Å². The van der Waals surface area contributed by atoms with Gasteiger partial charge in [-0.2, -0.15) is 0 Å². The quantitative estimate of drug-likeness (QED) is 0.155. The number of furan rings is 1. The molecule has 0 spiro atoms. The number of aromatic nitrogens is 3. The Morgan fingerprint density at radius 2 is 0.744 bits per heavy atom. The molecule has 5 heterocycles. The Morgan fingerprint density at radius 3 is 1.40 bits per heavy atom. The molecule has 16 aromatic rings. The highest BCUT2D eigenvalue weighted by molar-refractivity contribution is 8.00. The van der Waals surface area contributed by atoms with Gasteiger partial charge in [-0.1, -0.05) is 200 Å². The first-order chi connectivity index (χ1) is 38.7. The third-order valence-corrected chi connectivity index (χ3v) is 23.2. The van der Waals surface area contributed by atoms with Crippen LogP contribution in [0.25, 0.3) is 116 Å². The summed E-state index contributed by atoms with van der Waals surface area (Å²) in [6.45, 7) is 0. The molecule has 0 bridgehead atoms. The van der Waals surface area contributed by atoms with Gasteiger partial charge in [0.05, 0.1) is 33.1 Å². The fraction of sp³-hybridized carbons (Fsp3) is 0. The highest BCUT2D eigenvalue weighted by Crippen LogP contribution is 2.45. The Balaban J connectivity index is 0.949. The van der Waals surface area contributed by atoms with Gasteiger partial charge >= 0.3 is 0 Å². The standard InChI is InChI=1S/C72H45N3OSSi/c1-2-18-46(19-3-1)75-65-32-13-8-24-55(65)56-25-16-26-57(71(56)75)58-27-17-35-70-72(58)77-68-33-14-15-34-69(68)78(70,49-39-36-47(37-40-49)73-61-28-9-4-20-51(61)52-21-5-10-29-62(52)73)50-41-43-67-60(45-50)59-44-48(38-42-66(59)76-67)74-63-30-11-6-22-53(63)54-23-7-12-31-64(54)74/h1-45H. The molecule has 1 aliphatic heterocycles. The molecular formula is C72H45N3OSSi. The molecule has 78 heavy (non-hydrogen) atoms. The Hall–Kier alpha value is -9.59. The molecular weight excluding hydrogens is 983 g/mol. The number of benzene rings is 12. The zero-order valence-corrected chi connectivity index (χ0v) is 44.0. The molecule has 0 fully saturated rings. The molecule has 1 unspecified atom stereocenters. The van der Waals surface area contributed by atoms with Crippen molar-refractivity contribution in [2.24, 2.45) is 0 Å². The van der Waals surface area contributed by atoms with Crippen molar-refractivity contribution in [2.45, 2.75) is 9.79 Å². The number of hydrogen-bond donors (Lipinski definition) is 0. The molecule has 0 amide bonds. The van der Waals surface area contributed by atoms with E-state index < -0.39 is 8.07 Å². The van der Waals surface area contributed by atoms with Gasteiger partial charge in [0, 0.05) is 75.5 Å². The second-order valence-electron chi connectivity index (χ2n) is 20.7. The molecule has 17 rings (SSSR count). The largest absolute Gasteiger partial charge is 0.456 e. The number of para-hydroxylation sites is 7. The van der Waals surface area contributed by atoms with E-state index in [0.717, 1.165) is 39.0 Å². The summed E-state index contributed by atoms with van der Waals surface area (Å²) >= 11 is 1.93. The van der Waals surface area contributed by atoms with Crippen LogP contribution in [0.4, 0.5) is 0 Å². The summed E-state index contributed by atoms with van der Waals surface area (Å²) in [4.78, 5) is 2.59. The Morgan fingerprint density at radius 1 is 0.295 bits per heavy atom. The first-order valence-corrected chi connectivity index (χ1v) is 29.6. The average molecular weight is 1030 g/mol. The van der Waals surface area contributed by atoms with Gasteiger partial charge in [0.2, 0.25) is 0 Å². The van der Waals surface area contributed by atoms with Gasteiger partial charge in [-0.15, -0.1) is 0 Å². The minimum Gasteiger partial charge on any atom is -0.456 e. The molecule has 6 heteroatoms. The van der Waals surface area contributed by atoms with E-state index in [0.29, 0.717) is 0 Å². The lowest BCUT2D eigenvalue weighted by Gasteiger charge is -2.40. The van der Waals surface area contributed by atoms with Gasteiger partial charge in [0.25, 0.3) is 0 Å². The maximum Gasteiger partial charge on any atom is 0.181 e. The Labute approximate surface area is 454 Å². The second kappa shape index (κ2) is 16.7. The lowest BCUT2D eigenvalue weighted by Crippen LogP contribution is -2.76. The van der Waals surface area contributed by atoms with E-state index in [4.69, 9.17) is 4.42 Å². The normalized spacial score (nSPS) is 14.4. The van der Waals surface area contributed by atoms with Crippen molar-refractivity contribution in [2.75, 3.05) is 0 Å². The molecule has 12 aromatic carbocycles. The van der Waals surface area contributed by atoms with E-state index >= 15 is 0 Å². The fourth-order valence-corrected chi connectivity index (χ4v) is 20.6. The molecule has 0 aliphatic carbocycles. The summed E-state index contributed by atoms with van der Waals surface area (Å²) in [6, 6.07) is 102. The van der Waals surface area contributed by atoms with Crippen molar-refractivity contribution in [1.29, 1.82) is 0 Å². The summed E-state index contributed by atoms with van der Waals surface area (Å²) in [5.74, 6) is 0. The van der Waals surface area contributed by atoms with E-state index in [-0.39, 0.29) is 0 Å². The first-order valence-electron chi connectivity index (χ1n) is 26.7. The van der Waals surface area contributed by atoms with Crippen LogP contribution in [-0.2, 0) is 0 Å². The molecule has 4 aromatic heterocycles. The summed E-state index contributed by atoms with van der Waals surface area (Å²) in [6.07, 6.45) is 0. The number of rotatable bonds is 6. The number of nitrogens with zero attached hydrogens (tertiary/aromatic N) is 3. The van der Waals surface area contributed by atoms with Crippen LogP contribution in [0, 0.1) is 0 Å². The van der Waals surface area contributed by atoms with Gasteiger partial charge in [-0.05, 0) is 111 Å². The highest BCUT2D eigenvalue weighted by atomic mass is 32.2.